The van der Waals surface area contributed by atoms with Crippen LogP contribution in [0.5, 0.6) is 0 Å². The molecule has 0 saturated carbocycles. The van der Waals surface area contributed by atoms with Crippen LogP contribution in [-0.4, -0.2) is 33.9 Å². The lowest BCUT2D eigenvalue weighted by molar-refractivity contribution is -0.136. The van der Waals surface area contributed by atoms with Crippen molar-refractivity contribution in [2.45, 2.75) is 10.6 Å². The third-order valence-electron chi connectivity index (χ3n) is 3.43. The first kappa shape index (κ1) is 15.9. The summed E-state index contributed by atoms with van der Waals surface area (Å²) >= 11 is 7.12. The number of carboxylic acid groups (broad SMARTS) is 2. The molecule has 1 aliphatic heterocycles. The number of hydrogen-bond acceptors (Lipinski definition) is 5. The Morgan fingerprint density at radius 1 is 1.26 bits per heavy atom. The topological polar surface area (TPSA) is 99.8 Å². The Morgan fingerprint density at radius 2 is 2.04 bits per heavy atom. The molecule has 2 aromatic rings. The van der Waals surface area contributed by atoms with Crippen LogP contribution in [0.3, 0.4) is 0 Å². The van der Waals surface area contributed by atoms with E-state index in [1.54, 1.807) is 18.2 Å². The zero-order chi connectivity index (χ0) is 16.6. The molecule has 1 aromatic carbocycles. The van der Waals surface area contributed by atoms with Gasteiger partial charge in [-0.25, -0.2) is 4.79 Å². The second-order valence-corrected chi connectivity index (χ2v) is 6.67. The van der Waals surface area contributed by atoms with Crippen molar-refractivity contribution in [3.05, 3.63) is 46.7 Å². The standard InChI is InChI=1S/C15H12ClNO5S/c16-9-2-1-7(5-8(9)14(18)19)10-3-4-11(22-10)13-17-6-12(23-13)15(20)21/h1-5,12-13,17H,6H2,(H,18,19)(H,20,21)/t12-,13-/m0/s1. The minimum Gasteiger partial charge on any atom is -0.480 e. The number of aromatic carboxylic acids is 1. The van der Waals surface area contributed by atoms with E-state index in [4.69, 9.17) is 26.2 Å². The zero-order valence-corrected chi connectivity index (χ0v) is 13.2. The van der Waals surface area contributed by atoms with E-state index in [1.165, 1.54) is 23.9 Å². The van der Waals surface area contributed by atoms with Crippen LogP contribution in [0.25, 0.3) is 11.3 Å². The molecule has 0 radical (unpaired) electrons. The first-order valence-electron chi connectivity index (χ1n) is 6.70. The fourth-order valence-corrected chi connectivity index (χ4v) is 3.57. The molecule has 3 rings (SSSR count). The van der Waals surface area contributed by atoms with Gasteiger partial charge >= 0.3 is 11.9 Å². The summed E-state index contributed by atoms with van der Waals surface area (Å²) in [6.07, 6.45) is 0. The van der Waals surface area contributed by atoms with Crippen molar-refractivity contribution in [3.63, 3.8) is 0 Å². The van der Waals surface area contributed by atoms with Crippen molar-refractivity contribution in [1.29, 1.82) is 0 Å². The van der Waals surface area contributed by atoms with E-state index in [2.05, 4.69) is 5.32 Å². The van der Waals surface area contributed by atoms with E-state index in [1.807, 2.05) is 0 Å². The van der Waals surface area contributed by atoms with Crippen LogP contribution in [0.1, 0.15) is 21.5 Å². The SMILES string of the molecule is O=C(O)c1cc(-c2ccc([C@H]3NC[C@@H](C(=O)O)S3)o2)ccc1Cl. The molecule has 3 N–H and O–H groups in total. The van der Waals surface area contributed by atoms with Crippen LogP contribution >= 0.6 is 23.4 Å². The highest BCUT2D eigenvalue weighted by Gasteiger charge is 2.32. The van der Waals surface area contributed by atoms with Crippen molar-refractivity contribution in [2.75, 3.05) is 6.54 Å². The highest BCUT2D eigenvalue weighted by atomic mass is 35.5. The molecular weight excluding hydrogens is 342 g/mol. The lowest BCUT2D eigenvalue weighted by Gasteiger charge is -2.06. The Kier molecular flexibility index (Phi) is 4.34. The van der Waals surface area contributed by atoms with Gasteiger partial charge in [0.1, 0.15) is 22.1 Å². The molecule has 1 aromatic heterocycles. The van der Waals surface area contributed by atoms with Gasteiger partial charge in [-0.05, 0) is 30.3 Å². The van der Waals surface area contributed by atoms with Gasteiger partial charge in [0, 0.05) is 12.1 Å². The lowest BCUT2D eigenvalue weighted by atomic mass is 10.1. The van der Waals surface area contributed by atoms with Crippen molar-refractivity contribution < 1.29 is 24.2 Å². The summed E-state index contributed by atoms with van der Waals surface area (Å²) in [5, 5.41) is 20.6. The second-order valence-electron chi connectivity index (χ2n) is 4.95. The van der Waals surface area contributed by atoms with E-state index in [9.17, 15) is 9.59 Å². The number of hydrogen-bond donors (Lipinski definition) is 3. The van der Waals surface area contributed by atoms with Crippen molar-refractivity contribution in [2.24, 2.45) is 0 Å². The predicted octanol–water partition coefficient (Wildman–Crippen LogP) is 3.09. The van der Waals surface area contributed by atoms with E-state index < -0.39 is 17.2 Å². The van der Waals surface area contributed by atoms with Gasteiger partial charge in [0.05, 0.1) is 10.6 Å². The number of thioether (sulfide) groups is 1. The van der Waals surface area contributed by atoms with Crippen LogP contribution in [0.15, 0.2) is 34.7 Å². The van der Waals surface area contributed by atoms with E-state index in [-0.39, 0.29) is 16.0 Å². The summed E-state index contributed by atoms with van der Waals surface area (Å²) in [5.74, 6) is -0.873. The third kappa shape index (κ3) is 3.21. The average Bonchev–Trinajstić information content (AvgIpc) is 3.16. The Labute approximate surface area is 140 Å². The first-order valence-corrected chi connectivity index (χ1v) is 8.02. The molecule has 2 heterocycles. The van der Waals surface area contributed by atoms with Gasteiger partial charge in [0.15, 0.2) is 0 Å². The fraction of sp³-hybridized carbons (Fsp3) is 0.200. The molecule has 8 heteroatoms. The molecule has 0 spiro atoms. The normalized spacial score (nSPS) is 20.6. The Hall–Kier alpha value is -1.96. The number of carboxylic acids is 2. The van der Waals surface area contributed by atoms with Gasteiger partial charge in [-0.1, -0.05) is 11.6 Å². The smallest absolute Gasteiger partial charge is 0.337 e. The number of carbonyl (C=O) groups is 2. The number of furan rings is 1. The Balaban J connectivity index is 1.84. The number of halogens is 1. The quantitative estimate of drug-likeness (QED) is 0.776. The molecule has 0 unspecified atom stereocenters. The third-order valence-corrected chi connectivity index (χ3v) is 5.13. The minimum atomic E-state index is -1.11. The first-order chi connectivity index (χ1) is 11.0. The highest BCUT2D eigenvalue weighted by molar-refractivity contribution is 8.01. The van der Waals surface area contributed by atoms with Gasteiger partial charge in [-0.2, -0.15) is 0 Å². The largest absolute Gasteiger partial charge is 0.480 e. The highest BCUT2D eigenvalue weighted by Crippen LogP contribution is 2.37. The summed E-state index contributed by atoms with van der Waals surface area (Å²) in [7, 11) is 0. The van der Waals surface area contributed by atoms with Gasteiger partial charge in [0.25, 0.3) is 0 Å². The van der Waals surface area contributed by atoms with Crippen molar-refractivity contribution >= 4 is 35.3 Å². The number of benzene rings is 1. The van der Waals surface area contributed by atoms with Crippen LogP contribution in [0.4, 0.5) is 0 Å². The molecule has 0 aliphatic carbocycles. The van der Waals surface area contributed by atoms with E-state index in [0.717, 1.165) is 0 Å². The van der Waals surface area contributed by atoms with Gasteiger partial charge < -0.3 is 14.6 Å². The van der Waals surface area contributed by atoms with Crippen LogP contribution < -0.4 is 5.32 Å². The fourth-order valence-electron chi connectivity index (χ4n) is 2.28. The Morgan fingerprint density at radius 3 is 2.70 bits per heavy atom. The number of aliphatic carboxylic acids is 1. The van der Waals surface area contributed by atoms with E-state index in [0.29, 0.717) is 23.6 Å². The summed E-state index contributed by atoms with van der Waals surface area (Å²) in [5.41, 5.74) is 0.595. The second kappa shape index (κ2) is 6.27. The van der Waals surface area contributed by atoms with Crippen molar-refractivity contribution in [1.82, 2.24) is 5.32 Å². The van der Waals surface area contributed by atoms with Gasteiger partial charge in [-0.15, -0.1) is 11.8 Å². The van der Waals surface area contributed by atoms with Gasteiger partial charge in [-0.3, -0.25) is 10.1 Å². The summed E-state index contributed by atoms with van der Waals surface area (Å²) in [6, 6.07) is 8.10. The van der Waals surface area contributed by atoms with Gasteiger partial charge in [0.2, 0.25) is 0 Å². The molecule has 2 atom stereocenters. The molecule has 120 valence electrons. The maximum absolute atomic E-state index is 11.1. The molecule has 0 amide bonds. The van der Waals surface area contributed by atoms with Crippen LogP contribution in [-0.2, 0) is 4.79 Å². The molecule has 6 nitrogen and oxygen atoms in total. The van der Waals surface area contributed by atoms with Crippen LogP contribution in [0.2, 0.25) is 5.02 Å². The van der Waals surface area contributed by atoms with Crippen LogP contribution in [0, 0.1) is 0 Å². The number of nitrogens with one attached hydrogen (secondary N) is 1. The lowest BCUT2D eigenvalue weighted by Crippen LogP contribution is -2.21. The Bertz CT molecular complexity index is 775. The maximum Gasteiger partial charge on any atom is 0.337 e. The molecule has 0 bridgehead atoms. The number of rotatable bonds is 4. The molecule has 1 fully saturated rings. The molecular formula is C15H12ClNO5S. The van der Waals surface area contributed by atoms with Crippen molar-refractivity contribution in [3.8, 4) is 11.3 Å². The summed E-state index contributed by atoms with van der Waals surface area (Å²) in [4.78, 5) is 22.1. The summed E-state index contributed by atoms with van der Waals surface area (Å²) in [6.45, 7) is 0.366. The van der Waals surface area contributed by atoms with E-state index >= 15 is 0 Å². The monoisotopic (exact) mass is 353 g/mol. The summed E-state index contributed by atoms with van der Waals surface area (Å²) < 4.78 is 5.74. The zero-order valence-electron chi connectivity index (χ0n) is 11.7. The minimum absolute atomic E-state index is 0.00132. The average molecular weight is 354 g/mol. The molecule has 1 saturated heterocycles. The molecule has 1 aliphatic rings. The predicted molar refractivity (Wildman–Crippen MR) is 85.9 cm³/mol. The molecule has 23 heavy (non-hydrogen) atoms. The maximum atomic E-state index is 11.1.